The van der Waals surface area contributed by atoms with Gasteiger partial charge in [-0.15, -0.1) is 0 Å². The second kappa shape index (κ2) is 7.74. The lowest BCUT2D eigenvalue weighted by atomic mass is 10.1. The van der Waals surface area contributed by atoms with Crippen molar-refractivity contribution in [3.63, 3.8) is 0 Å². The van der Waals surface area contributed by atoms with Gasteiger partial charge < -0.3 is 15.5 Å². The van der Waals surface area contributed by atoms with E-state index in [0.717, 1.165) is 18.7 Å². The molecular formula is C18H22N4O. The summed E-state index contributed by atoms with van der Waals surface area (Å²) >= 11 is 0. The van der Waals surface area contributed by atoms with Crippen LogP contribution >= 0.6 is 0 Å². The first-order valence-corrected chi connectivity index (χ1v) is 8.09. The maximum Gasteiger partial charge on any atom is 0.323 e. The van der Waals surface area contributed by atoms with E-state index in [1.165, 1.54) is 31.5 Å². The van der Waals surface area contributed by atoms with Crippen molar-refractivity contribution in [2.75, 3.05) is 30.3 Å². The van der Waals surface area contributed by atoms with E-state index in [1.54, 1.807) is 24.5 Å². The fourth-order valence-corrected chi connectivity index (χ4v) is 2.83. The number of benzene rings is 1. The van der Waals surface area contributed by atoms with Crippen LogP contribution < -0.4 is 10.6 Å². The number of hydrogen-bond donors (Lipinski definition) is 2. The van der Waals surface area contributed by atoms with Crippen molar-refractivity contribution in [3.8, 4) is 0 Å². The second-order valence-electron chi connectivity index (χ2n) is 5.82. The molecule has 23 heavy (non-hydrogen) atoms. The van der Waals surface area contributed by atoms with Crippen LogP contribution in [-0.2, 0) is 6.42 Å². The number of pyridine rings is 1. The van der Waals surface area contributed by atoms with E-state index >= 15 is 0 Å². The van der Waals surface area contributed by atoms with Gasteiger partial charge in [0.05, 0.1) is 11.9 Å². The van der Waals surface area contributed by atoms with Crippen molar-refractivity contribution in [2.45, 2.75) is 19.3 Å². The van der Waals surface area contributed by atoms with Gasteiger partial charge in [0.25, 0.3) is 0 Å². The van der Waals surface area contributed by atoms with E-state index in [2.05, 4.69) is 26.6 Å². The molecule has 120 valence electrons. The minimum absolute atomic E-state index is 0.255. The van der Waals surface area contributed by atoms with E-state index in [9.17, 15) is 4.79 Å². The maximum absolute atomic E-state index is 12.0. The lowest BCUT2D eigenvalue weighted by molar-refractivity contribution is 0.262. The van der Waals surface area contributed by atoms with E-state index < -0.39 is 0 Å². The van der Waals surface area contributed by atoms with Crippen LogP contribution in [0.2, 0.25) is 0 Å². The van der Waals surface area contributed by atoms with Crippen molar-refractivity contribution in [1.29, 1.82) is 0 Å². The Morgan fingerprint density at radius 3 is 2.65 bits per heavy atom. The molecule has 0 saturated carbocycles. The van der Waals surface area contributed by atoms with E-state index in [4.69, 9.17) is 0 Å². The SMILES string of the molecule is O=C(Nc1cccnc1)Nc1cccc(CCN2CCCC2)c1. The maximum atomic E-state index is 12.0. The minimum atomic E-state index is -0.255. The predicted octanol–water partition coefficient (Wildman–Crippen LogP) is 3.36. The molecule has 1 fully saturated rings. The molecule has 0 radical (unpaired) electrons. The molecule has 2 N–H and O–H groups in total. The summed E-state index contributed by atoms with van der Waals surface area (Å²) in [5.74, 6) is 0. The molecular weight excluding hydrogens is 288 g/mol. The Morgan fingerprint density at radius 2 is 1.87 bits per heavy atom. The third-order valence-corrected chi connectivity index (χ3v) is 4.02. The number of nitrogens with zero attached hydrogens (tertiary/aromatic N) is 2. The quantitative estimate of drug-likeness (QED) is 0.890. The number of rotatable bonds is 5. The first kappa shape index (κ1) is 15.5. The standard InChI is InChI=1S/C18H22N4O/c23-18(21-17-7-4-9-19-14-17)20-16-6-3-5-15(13-16)8-12-22-10-1-2-11-22/h3-7,9,13-14H,1-2,8,10-12H2,(H2,20,21,23). The summed E-state index contributed by atoms with van der Waals surface area (Å²) in [6, 6.07) is 11.4. The van der Waals surface area contributed by atoms with Crippen LogP contribution in [0, 0.1) is 0 Å². The largest absolute Gasteiger partial charge is 0.323 e. The molecule has 2 heterocycles. The van der Waals surface area contributed by atoms with Gasteiger partial charge in [0.1, 0.15) is 0 Å². The van der Waals surface area contributed by atoms with Crippen LogP contribution in [0.15, 0.2) is 48.8 Å². The number of aromatic nitrogens is 1. The lowest BCUT2D eigenvalue weighted by Gasteiger charge is -2.14. The van der Waals surface area contributed by atoms with Gasteiger partial charge in [-0.2, -0.15) is 0 Å². The molecule has 1 aliphatic rings. The zero-order valence-electron chi connectivity index (χ0n) is 13.2. The van der Waals surface area contributed by atoms with Crippen molar-refractivity contribution in [2.24, 2.45) is 0 Å². The van der Waals surface area contributed by atoms with Crippen LogP contribution in [0.3, 0.4) is 0 Å². The summed E-state index contributed by atoms with van der Waals surface area (Å²) in [6.07, 6.45) is 6.94. The Bertz CT molecular complexity index is 638. The number of carbonyl (C=O) groups is 1. The molecule has 1 saturated heterocycles. The monoisotopic (exact) mass is 310 g/mol. The smallest absolute Gasteiger partial charge is 0.308 e. The molecule has 1 aromatic carbocycles. The van der Waals surface area contributed by atoms with Gasteiger partial charge >= 0.3 is 6.03 Å². The van der Waals surface area contributed by atoms with Crippen molar-refractivity contribution in [3.05, 3.63) is 54.4 Å². The van der Waals surface area contributed by atoms with Crippen LogP contribution in [0.4, 0.5) is 16.2 Å². The molecule has 0 atom stereocenters. The highest BCUT2D eigenvalue weighted by Gasteiger charge is 2.11. The average molecular weight is 310 g/mol. The molecule has 0 spiro atoms. The molecule has 5 nitrogen and oxygen atoms in total. The van der Waals surface area contributed by atoms with Crippen LogP contribution in [0.5, 0.6) is 0 Å². The van der Waals surface area contributed by atoms with E-state index in [1.807, 2.05) is 18.2 Å². The Labute approximate surface area is 136 Å². The Kier molecular flexibility index (Phi) is 5.21. The van der Waals surface area contributed by atoms with E-state index in [-0.39, 0.29) is 6.03 Å². The molecule has 5 heteroatoms. The van der Waals surface area contributed by atoms with Gasteiger partial charge in [-0.1, -0.05) is 12.1 Å². The summed E-state index contributed by atoms with van der Waals surface area (Å²) in [4.78, 5) is 18.5. The first-order valence-electron chi connectivity index (χ1n) is 8.09. The highest BCUT2D eigenvalue weighted by Crippen LogP contribution is 2.14. The van der Waals surface area contributed by atoms with Gasteiger partial charge in [-0.25, -0.2) is 4.79 Å². The van der Waals surface area contributed by atoms with Gasteiger partial charge in [0.2, 0.25) is 0 Å². The molecule has 0 unspecified atom stereocenters. The van der Waals surface area contributed by atoms with Gasteiger partial charge in [0, 0.05) is 18.4 Å². The van der Waals surface area contributed by atoms with Crippen LogP contribution in [0.1, 0.15) is 18.4 Å². The van der Waals surface area contributed by atoms with Gasteiger partial charge in [-0.3, -0.25) is 4.98 Å². The number of carbonyl (C=O) groups excluding carboxylic acids is 1. The molecule has 1 aromatic heterocycles. The van der Waals surface area contributed by atoms with Crippen LogP contribution in [-0.4, -0.2) is 35.5 Å². The van der Waals surface area contributed by atoms with E-state index in [0.29, 0.717) is 5.69 Å². The number of likely N-dealkylation sites (tertiary alicyclic amines) is 1. The first-order chi connectivity index (χ1) is 11.3. The summed E-state index contributed by atoms with van der Waals surface area (Å²) in [7, 11) is 0. The molecule has 3 rings (SSSR count). The average Bonchev–Trinajstić information content (AvgIpc) is 3.07. The zero-order chi connectivity index (χ0) is 15.9. The summed E-state index contributed by atoms with van der Waals surface area (Å²) in [6.45, 7) is 3.52. The fourth-order valence-electron chi connectivity index (χ4n) is 2.83. The summed E-state index contributed by atoms with van der Waals surface area (Å²) < 4.78 is 0. The number of amides is 2. The zero-order valence-corrected chi connectivity index (χ0v) is 13.2. The summed E-state index contributed by atoms with van der Waals surface area (Å²) in [5.41, 5.74) is 2.73. The topological polar surface area (TPSA) is 57.3 Å². The lowest BCUT2D eigenvalue weighted by Crippen LogP contribution is -2.22. The number of hydrogen-bond acceptors (Lipinski definition) is 3. The highest BCUT2D eigenvalue weighted by atomic mass is 16.2. The van der Waals surface area contributed by atoms with Gasteiger partial charge in [-0.05, 0) is 62.2 Å². The number of anilines is 2. The van der Waals surface area contributed by atoms with Crippen LogP contribution in [0.25, 0.3) is 0 Å². The predicted molar refractivity (Wildman–Crippen MR) is 92.7 cm³/mol. The van der Waals surface area contributed by atoms with Crippen molar-refractivity contribution in [1.82, 2.24) is 9.88 Å². The third-order valence-electron chi connectivity index (χ3n) is 4.02. The normalized spacial score (nSPS) is 14.6. The molecule has 2 amide bonds. The molecule has 0 bridgehead atoms. The van der Waals surface area contributed by atoms with Crippen molar-refractivity contribution >= 4 is 17.4 Å². The molecule has 1 aliphatic heterocycles. The third kappa shape index (κ3) is 4.79. The Balaban J connectivity index is 1.53. The number of urea groups is 1. The summed E-state index contributed by atoms with van der Waals surface area (Å²) in [5, 5.41) is 5.63. The molecule has 0 aliphatic carbocycles. The minimum Gasteiger partial charge on any atom is -0.308 e. The Hall–Kier alpha value is -2.40. The number of nitrogens with one attached hydrogen (secondary N) is 2. The molecule has 2 aromatic rings. The Morgan fingerprint density at radius 1 is 1.09 bits per heavy atom. The van der Waals surface area contributed by atoms with Gasteiger partial charge in [0.15, 0.2) is 0 Å². The highest BCUT2D eigenvalue weighted by molar-refractivity contribution is 5.99. The fraction of sp³-hybridized carbons (Fsp3) is 0.333. The van der Waals surface area contributed by atoms with Crippen molar-refractivity contribution < 1.29 is 4.79 Å². The second-order valence-corrected chi connectivity index (χ2v) is 5.82.